The number of nitrogens with zero attached hydrogens (tertiary/aromatic N) is 2. The first-order chi connectivity index (χ1) is 16.5. The van der Waals surface area contributed by atoms with Gasteiger partial charge in [0.1, 0.15) is 5.65 Å². The van der Waals surface area contributed by atoms with Crippen molar-refractivity contribution in [1.82, 2.24) is 25.0 Å². The predicted molar refractivity (Wildman–Crippen MR) is 135 cm³/mol. The van der Waals surface area contributed by atoms with E-state index in [9.17, 15) is 9.59 Å². The Morgan fingerprint density at radius 2 is 2.06 bits per heavy atom. The maximum atomic E-state index is 12.6. The number of hydrogen-bond donors (Lipinski definition) is 4. The lowest BCUT2D eigenvalue weighted by Gasteiger charge is -2.09. The molecule has 3 aromatic heterocycles. The molecule has 0 spiro atoms. The van der Waals surface area contributed by atoms with Crippen LogP contribution in [-0.4, -0.2) is 26.5 Å². The monoisotopic (exact) mass is 518 g/mol. The Labute approximate surface area is 203 Å². The molecule has 1 amide bonds. The van der Waals surface area contributed by atoms with Gasteiger partial charge in [-0.05, 0) is 54.2 Å². The smallest absolute Gasteiger partial charge is 0.254 e. The Balaban J connectivity index is 1.24. The average Bonchev–Trinajstić information content (AvgIpc) is 3.59. The Morgan fingerprint density at radius 1 is 1.21 bits per heavy atom. The molecule has 172 valence electrons. The van der Waals surface area contributed by atoms with Crippen molar-refractivity contribution in [3.63, 3.8) is 0 Å². The SMILES string of the molecule is N=C/C(=C\NCc1cn2cc(C3CC3)ccc2n1)C(=O)NCc1cc(=O)[nH]c2ccc(Br)cc12. The Kier molecular flexibility index (Phi) is 6.02. The summed E-state index contributed by atoms with van der Waals surface area (Å²) in [5.41, 5.74) is 4.39. The van der Waals surface area contributed by atoms with Crippen LogP contribution in [0.4, 0.5) is 0 Å². The van der Waals surface area contributed by atoms with Gasteiger partial charge in [-0.2, -0.15) is 0 Å². The van der Waals surface area contributed by atoms with Crippen molar-refractivity contribution in [2.75, 3.05) is 0 Å². The van der Waals surface area contributed by atoms with Crippen molar-refractivity contribution in [3.8, 4) is 0 Å². The molecule has 1 aliphatic carbocycles. The second-order valence-electron chi connectivity index (χ2n) is 8.39. The molecule has 0 unspecified atom stereocenters. The molecular formula is C25H23BrN6O2. The number of aromatic amines is 1. The van der Waals surface area contributed by atoms with Gasteiger partial charge in [0.25, 0.3) is 5.91 Å². The number of imidazole rings is 1. The number of nitrogens with one attached hydrogen (secondary N) is 4. The van der Waals surface area contributed by atoms with Gasteiger partial charge in [0.15, 0.2) is 0 Å². The van der Waals surface area contributed by atoms with Gasteiger partial charge in [0.2, 0.25) is 5.56 Å². The van der Waals surface area contributed by atoms with Gasteiger partial charge in [-0.15, -0.1) is 0 Å². The highest BCUT2D eigenvalue weighted by molar-refractivity contribution is 9.10. The second-order valence-corrected chi connectivity index (χ2v) is 9.31. The summed E-state index contributed by atoms with van der Waals surface area (Å²) in [6, 6.07) is 11.2. The second kappa shape index (κ2) is 9.26. The highest BCUT2D eigenvalue weighted by Crippen LogP contribution is 2.39. The number of benzene rings is 1. The van der Waals surface area contributed by atoms with Crippen LogP contribution in [0.15, 0.2) is 69.8 Å². The first-order valence-corrected chi connectivity index (χ1v) is 11.8. The quantitative estimate of drug-likeness (QED) is 0.210. The molecule has 3 heterocycles. The van der Waals surface area contributed by atoms with Crippen molar-refractivity contribution >= 4 is 44.6 Å². The van der Waals surface area contributed by atoms with E-state index >= 15 is 0 Å². The third-order valence-electron chi connectivity index (χ3n) is 5.86. The lowest BCUT2D eigenvalue weighted by atomic mass is 10.1. The molecule has 1 aromatic carbocycles. The number of rotatable bonds is 8. The molecule has 9 heteroatoms. The molecule has 8 nitrogen and oxygen atoms in total. The van der Waals surface area contributed by atoms with E-state index < -0.39 is 5.91 Å². The maximum Gasteiger partial charge on any atom is 0.254 e. The summed E-state index contributed by atoms with van der Waals surface area (Å²) in [4.78, 5) is 32.0. The molecule has 4 aromatic rings. The van der Waals surface area contributed by atoms with E-state index in [1.54, 1.807) is 0 Å². The number of halogens is 1. The van der Waals surface area contributed by atoms with Crippen molar-refractivity contribution in [2.45, 2.75) is 31.8 Å². The Morgan fingerprint density at radius 3 is 2.85 bits per heavy atom. The Hall–Kier alpha value is -3.72. The molecule has 0 atom stereocenters. The largest absolute Gasteiger partial charge is 0.384 e. The maximum absolute atomic E-state index is 12.6. The van der Waals surface area contributed by atoms with E-state index in [4.69, 9.17) is 5.41 Å². The standard InChI is InChI=1S/C25H23BrN6O2/c26-19-4-5-22-21(8-19)17(7-24(33)31-22)11-29-25(34)18(9-27)10-28-12-20-14-32-13-16(15-1-2-15)3-6-23(32)30-20/h3-10,13-15,27-28H,1-2,11-12H2,(H,29,34)(H,31,33)/b18-10+,27-9?. The number of carbonyl (C=O) groups is 1. The molecule has 0 aliphatic heterocycles. The first kappa shape index (κ1) is 22.1. The van der Waals surface area contributed by atoms with E-state index in [1.165, 1.54) is 30.7 Å². The molecule has 4 N–H and O–H groups in total. The normalized spacial score (nSPS) is 13.9. The number of carbonyl (C=O) groups excluding carboxylic acids is 1. The lowest BCUT2D eigenvalue weighted by Crippen LogP contribution is -2.27. The molecule has 1 aliphatic rings. The van der Waals surface area contributed by atoms with Crippen LogP contribution in [-0.2, 0) is 17.9 Å². The number of amides is 1. The molecule has 34 heavy (non-hydrogen) atoms. The molecule has 5 rings (SSSR count). The van der Waals surface area contributed by atoms with E-state index in [1.807, 2.05) is 34.9 Å². The topological polar surface area (TPSA) is 115 Å². The third-order valence-corrected chi connectivity index (χ3v) is 6.35. The van der Waals surface area contributed by atoms with Crippen molar-refractivity contribution in [2.24, 2.45) is 0 Å². The van der Waals surface area contributed by atoms with E-state index in [0.717, 1.165) is 27.4 Å². The number of pyridine rings is 2. The van der Waals surface area contributed by atoms with Gasteiger partial charge in [-0.25, -0.2) is 4.98 Å². The van der Waals surface area contributed by atoms with Crippen molar-refractivity contribution in [1.29, 1.82) is 5.41 Å². The minimum atomic E-state index is -0.407. The van der Waals surface area contributed by atoms with Crippen molar-refractivity contribution in [3.05, 3.63) is 92.2 Å². The summed E-state index contributed by atoms with van der Waals surface area (Å²) in [5, 5.41) is 14.3. The summed E-state index contributed by atoms with van der Waals surface area (Å²) < 4.78 is 2.91. The van der Waals surface area contributed by atoms with Crippen LogP contribution >= 0.6 is 15.9 Å². The fraction of sp³-hybridized carbons (Fsp3) is 0.200. The molecule has 0 radical (unpaired) electrons. The van der Waals surface area contributed by atoms with Crippen LogP contribution in [0, 0.1) is 5.41 Å². The van der Waals surface area contributed by atoms with Gasteiger partial charge >= 0.3 is 0 Å². The van der Waals surface area contributed by atoms with Crippen LogP contribution < -0.4 is 16.2 Å². The highest BCUT2D eigenvalue weighted by atomic mass is 79.9. The van der Waals surface area contributed by atoms with Gasteiger partial charge in [0, 0.05) is 52.8 Å². The minimum Gasteiger partial charge on any atom is -0.384 e. The summed E-state index contributed by atoms with van der Waals surface area (Å²) >= 11 is 3.44. The fourth-order valence-corrected chi connectivity index (χ4v) is 4.32. The summed E-state index contributed by atoms with van der Waals surface area (Å²) in [5.74, 6) is 0.272. The number of hydrogen-bond acceptors (Lipinski definition) is 5. The zero-order valence-corrected chi connectivity index (χ0v) is 19.9. The molecule has 0 saturated heterocycles. The third kappa shape index (κ3) is 4.79. The van der Waals surface area contributed by atoms with Gasteiger partial charge in [0.05, 0.1) is 17.8 Å². The molecule has 0 bridgehead atoms. The van der Waals surface area contributed by atoms with E-state index in [0.29, 0.717) is 23.5 Å². The summed E-state index contributed by atoms with van der Waals surface area (Å²) in [6.07, 6.45) is 9.12. The van der Waals surface area contributed by atoms with Crippen LogP contribution in [0.3, 0.4) is 0 Å². The van der Waals surface area contributed by atoms with Crippen LogP contribution in [0.1, 0.15) is 35.6 Å². The van der Waals surface area contributed by atoms with Crippen LogP contribution in [0.5, 0.6) is 0 Å². The number of H-pyrrole nitrogens is 1. The predicted octanol–water partition coefficient (Wildman–Crippen LogP) is 3.76. The van der Waals surface area contributed by atoms with Crippen LogP contribution in [0.2, 0.25) is 0 Å². The number of aromatic nitrogens is 3. The highest BCUT2D eigenvalue weighted by Gasteiger charge is 2.23. The van der Waals surface area contributed by atoms with Gasteiger partial charge in [-0.3, -0.25) is 9.59 Å². The molecule has 1 saturated carbocycles. The van der Waals surface area contributed by atoms with Crippen molar-refractivity contribution < 1.29 is 4.79 Å². The Bertz CT molecular complexity index is 1500. The zero-order chi connectivity index (χ0) is 23.7. The number of fused-ring (bicyclic) bond motifs is 2. The summed E-state index contributed by atoms with van der Waals surface area (Å²) in [7, 11) is 0. The lowest BCUT2D eigenvalue weighted by molar-refractivity contribution is -0.117. The van der Waals surface area contributed by atoms with Gasteiger partial charge in [-0.1, -0.05) is 22.0 Å². The average molecular weight is 519 g/mol. The first-order valence-electron chi connectivity index (χ1n) is 11.0. The fourth-order valence-electron chi connectivity index (χ4n) is 3.96. The zero-order valence-electron chi connectivity index (χ0n) is 18.3. The molecule has 1 fully saturated rings. The minimum absolute atomic E-state index is 0.163. The van der Waals surface area contributed by atoms with Crippen LogP contribution in [0.25, 0.3) is 16.6 Å². The van der Waals surface area contributed by atoms with E-state index in [-0.39, 0.29) is 17.7 Å². The van der Waals surface area contributed by atoms with Gasteiger partial charge < -0.3 is 25.4 Å². The molecular weight excluding hydrogens is 496 g/mol. The van der Waals surface area contributed by atoms with E-state index in [2.05, 4.69) is 48.8 Å². The summed E-state index contributed by atoms with van der Waals surface area (Å²) in [6.45, 7) is 0.592.